The molecule has 48 heavy (non-hydrogen) atoms. The molecule has 0 aliphatic heterocycles. The Morgan fingerprint density at radius 1 is 0.438 bits per heavy atom. The lowest BCUT2D eigenvalue weighted by Gasteiger charge is -2.12. The second kappa shape index (κ2) is 10.5. The molecule has 10 rings (SSSR count). The fourth-order valence-corrected chi connectivity index (χ4v) is 7.22. The predicted octanol–water partition coefficient (Wildman–Crippen LogP) is 11.6. The molecule has 0 spiro atoms. The van der Waals surface area contributed by atoms with Crippen molar-refractivity contribution in [2.24, 2.45) is 0 Å². The molecule has 0 saturated carbocycles. The highest BCUT2D eigenvalue weighted by atomic mass is 16.3. The molecular formula is C44H27N3O. The Labute approximate surface area is 276 Å². The maximum absolute atomic E-state index is 6.58. The zero-order chi connectivity index (χ0) is 31.6. The van der Waals surface area contributed by atoms with E-state index in [9.17, 15) is 0 Å². The van der Waals surface area contributed by atoms with Crippen molar-refractivity contribution in [3.8, 4) is 39.3 Å². The number of benzene rings is 7. The molecule has 3 heterocycles. The van der Waals surface area contributed by atoms with Crippen molar-refractivity contribution in [2.75, 3.05) is 0 Å². The molecule has 224 valence electrons. The van der Waals surface area contributed by atoms with E-state index in [4.69, 9.17) is 14.4 Å². The van der Waals surface area contributed by atoms with Gasteiger partial charge in [-0.3, -0.25) is 4.57 Å². The second-order valence-electron chi connectivity index (χ2n) is 12.3. The van der Waals surface area contributed by atoms with Crippen LogP contribution >= 0.6 is 0 Å². The Balaban J connectivity index is 1.20. The highest BCUT2D eigenvalue weighted by Crippen LogP contribution is 2.41. The summed E-state index contributed by atoms with van der Waals surface area (Å²) in [5.74, 6) is 0.619. The van der Waals surface area contributed by atoms with Crippen LogP contribution in [-0.4, -0.2) is 14.5 Å². The van der Waals surface area contributed by atoms with Crippen molar-refractivity contribution in [2.45, 2.75) is 0 Å². The monoisotopic (exact) mass is 613 g/mol. The summed E-state index contributed by atoms with van der Waals surface area (Å²) >= 11 is 0. The highest BCUT2D eigenvalue weighted by Gasteiger charge is 2.20. The zero-order valence-electron chi connectivity index (χ0n) is 25.8. The number of hydrogen-bond donors (Lipinski definition) is 0. The van der Waals surface area contributed by atoms with Gasteiger partial charge in [0.2, 0.25) is 5.95 Å². The minimum absolute atomic E-state index is 0.619. The molecule has 4 nitrogen and oxygen atoms in total. The Kier molecular flexibility index (Phi) is 5.84. The summed E-state index contributed by atoms with van der Waals surface area (Å²) in [4.78, 5) is 10.1. The first-order valence-corrected chi connectivity index (χ1v) is 16.1. The number of para-hydroxylation sites is 2. The van der Waals surface area contributed by atoms with Gasteiger partial charge >= 0.3 is 0 Å². The molecule has 0 atom stereocenters. The van der Waals surface area contributed by atoms with E-state index in [1.54, 1.807) is 0 Å². The van der Waals surface area contributed by atoms with E-state index in [0.717, 1.165) is 76.8 Å². The third-order valence-corrected chi connectivity index (χ3v) is 9.48. The Morgan fingerprint density at radius 2 is 1.00 bits per heavy atom. The average molecular weight is 614 g/mol. The van der Waals surface area contributed by atoms with Crippen LogP contribution in [0, 0.1) is 0 Å². The Bertz CT molecular complexity index is 2750. The van der Waals surface area contributed by atoms with E-state index in [-0.39, 0.29) is 0 Å². The van der Waals surface area contributed by atoms with Crippen LogP contribution in [0.3, 0.4) is 0 Å². The molecule has 10 aromatic rings. The highest BCUT2D eigenvalue weighted by molar-refractivity contribution is 6.26. The number of rotatable bonds is 4. The van der Waals surface area contributed by atoms with Gasteiger partial charge in [-0.15, -0.1) is 0 Å². The summed E-state index contributed by atoms with van der Waals surface area (Å²) in [6.45, 7) is 0. The largest absolute Gasteiger partial charge is 0.455 e. The lowest BCUT2D eigenvalue weighted by atomic mass is 9.94. The van der Waals surface area contributed by atoms with Gasteiger partial charge in [-0.05, 0) is 69.6 Å². The zero-order valence-corrected chi connectivity index (χ0v) is 25.8. The van der Waals surface area contributed by atoms with Gasteiger partial charge in [0.1, 0.15) is 11.2 Å². The number of nitrogens with zero attached hydrogens (tertiary/aromatic N) is 3. The summed E-state index contributed by atoms with van der Waals surface area (Å²) in [5, 5.41) is 6.68. The molecular weight excluding hydrogens is 587 g/mol. The van der Waals surface area contributed by atoms with Crippen LogP contribution in [0.4, 0.5) is 0 Å². The van der Waals surface area contributed by atoms with E-state index in [2.05, 4.69) is 144 Å². The minimum Gasteiger partial charge on any atom is -0.455 e. The van der Waals surface area contributed by atoms with Crippen molar-refractivity contribution < 1.29 is 4.42 Å². The van der Waals surface area contributed by atoms with Crippen LogP contribution in [0.1, 0.15) is 0 Å². The summed E-state index contributed by atoms with van der Waals surface area (Å²) < 4.78 is 8.77. The van der Waals surface area contributed by atoms with Gasteiger partial charge in [0.25, 0.3) is 0 Å². The average Bonchev–Trinajstić information content (AvgIpc) is 3.71. The first-order chi connectivity index (χ1) is 23.8. The van der Waals surface area contributed by atoms with Crippen LogP contribution < -0.4 is 0 Å². The maximum Gasteiger partial charge on any atom is 0.234 e. The topological polar surface area (TPSA) is 43.9 Å². The molecule has 0 amide bonds. The lowest BCUT2D eigenvalue weighted by molar-refractivity contribution is 0.673. The first-order valence-electron chi connectivity index (χ1n) is 16.1. The van der Waals surface area contributed by atoms with Crippen molar-refractivity contribution in [1.82, 2.24) is 14.5 Å². The summed E-state index contributed by atoms with van der Waals surface area (Å²) in [5.41, 5.74) is 10.5. The fraction of sp³-hybridized carbons (Fsp3) is 0. The van der Waals surface area contributed by atoms with Crippen LogP contribution in [0.5, 0.6) is 0 Å². The number of aromatic nitrogens is 3. The first kappa shape index (κ1) is 26.7. The van der Waals surface area contributed by atoms with E-state index in [0.29, 0.717) is 5.95 Å². The second-order valence-corrected chi connectivity index (χ2v) is 12.3. The van der Waals surface area contributed by atoms with Gasteiger partial charge in [-0.1, -0.05) is 115 Å². The van der Waals surface area contributed by atoms with Gasteiger partial charge in [-0.25, -0.2) is 9.97 Å². The SMILES string of the molecule is c1ccc(-c2cc(-c3ccccc3)cc(-c3cnc(-n4c5ccccc5c5ccc6ccc7c8ccccc8oc7c6c54)nc3)c2)cc1. The summed E-state index contributed by atoms with van der Waals surface area (Å²) in [6.07, 6.45) is 3.90. The smallest absolute Gasteiger partial charge is 0.234 e. The van der Waals surface area contributed by atoms with Crippen LogP contribution in [0.25, 0.3) is 93.8 Å². The third kappa shape index (κ3) is 4.10. The Hall–Kier alpha value is -6.52. The van der Waals surface area contributed by atoms with Crippen molar-refractivity contribution in [3.05, 3.63) is 164 Å². The van der Waals surface area contributed by atoms with Gasteiger partial charge in [0, 0.05) is 44.9 Å². The summed E-state index contributed by atoms with van der Waals surface area (Å²) in [7, 11) is 0. The van der Waals surface area contributed by atoms with Gasteiger partial charge in [0.05, 0.1) is 11.0 Å². The predicted molar refractivity (Wildman–Crippen MR) is 197 cm³/mol. The fourth-order valence-electron chi connectivity index (χ4n) is 7.22. The maximum atomic E-state index is 6.58. The molecule has 4 heteroatoms. The van der Waals surface area contributed by atoms with Crippen molar-refractivity contribution in [3.63, 3.8) is 0 Å². The molecule has 0 bridgehead atoms. The molecule has 3 aromatic heterocycles. The molecule has 0 radical (unpaired) electrons. The molecule has 0 aliphatic rings. The van der Waals surface area contributed by atoms with E-state index >= 15 is 0 Å². The molecule has 0 fully saturated rings. The molecule has 7 aromatic carbocycles. The van der Waals surface area contributed by atoms with E-state index in [1.165, 1.54) is 11.1 Å². The van der Waals surface area contributed by atoms with Gasteiger partial charge < -0.3 is 4.42 Å². The van der Waals surface area contributed by atoms with Crippen molar-refractivity contribution in [1.29, 1.82) is 0 Å². The Morgan fingerprint density at radius 3 is 1.69 bits per heavy atom. The van der Waals surface area contributed by atoms with Crippen LogP contribution in [0.2, 0.25) is 0 Å². The van der Waals surface area contributed by atoms with E-state index in [1.807, 2.05) is 24.5 Å². The minimum atomic E-state index is 0.619. The number of fused-ring (bicyclic) bond motifs is 9. The molecule has 0 aliphatic carbocycles. The summed E-state index contributed by atoms with van der Waals surface area (Å²) in [6, 6.07) is 53.2. The lowest BCUT2D eigenvalue weighted by Crippen LogP contribution is -2.01. The quantitative estimate of drug-likeness (QED) is 0.198. The van der Waals surface area contributed by atoms with Gasteiger partial charge in [0.15, 0.2) is 0 Å². The number of hydrogen-bond acceptors (Lipinski definition) is 3. The van der Waals surface area contributed by atoms with Crippen LogP contribution in [0.15, 0.2) is 168 Å². The third-order valence-electron chi connectivity index (χ3n) is 9.48. The normalized spacial score (nSPS) is 11.8. The number of furan rings is 1. The molecule has 0 N–H and O–H groups in total. The molecule has 0 unspecified atom stereocenters. The standard InChI is InChI=1S/C44H27N3O/c1-3-11-28(12-4-1)31-23-32(29-13-5-2-6-14-29)25-33(24-31)34-26-45-44(46-27-34)47-39-17-9-7-15-35(39)37-21-19-30-20-22-38-36-16-8-10-18-40(36)48-43(38)41(30)42(37)47/h1-27H. The van der Waals surface area contributed by atoms with Gasteiger partial charge in [-0.2, -0.15) is 0 Å². The van der Waals surface area contributed by atoms with Crippen LogP contribution in [-0.2, 0) is 0 Å². The molecule has 0 saturated heterocycles. The van der Waals surface area contributed by atoms with Crippen molar-refractivity contribution >= 4 is 54.5 Å². The van der Waals surface area contributed by atoms with E-state index < -0.39 is 0 Å².